The third-order valence-corrected chi connectivity index (χ3v) is 4.14. The topological polar surface area (TPSA) is 61.0 Å². The average Bonchev–Trinajstić information content (AvgIpc) is 3.05. The van der Waals surface area contributed by atoms with Gasteiger partial charge in [0.15, 0.2) is 0 Å². The van der Waals surface area contributed by atoms with E-state index >= 15 is 0 Å². The first-order valence-corrected chi connectivity index (χ1v) is 7.45. The fourth-order valence-electron chi connectivity index (χ4n) is 2.74. The lowest BCUT2D eigenvalue weighted by Crippen LogP contribution is -2.44. The zero-order valence-corrected chi connectivity index (χ0v) is 13.7. The summed E-state index contributed by atoms with van der Waals surface area (Å²) in [6.07, 6.45) is 1.92. The van der Waals surface area contributed by atoms with Gasteiger partial charge in [0.05, 0.1) is 5.69 Å². The van der Waals surface area contributed by atoms with Crippen LogP contribution >= 0.6 is 12.4 Å². The standard InChI is InChI=1S/C16H19FN4O.ClH/c1-18-13-6-8-21(9-7-13)16(22)15-10-14(19-20-15)11-2-4-12(17)5-3-11;/h2-5,10,13,18H,6-9H2,1H3,(H,19,20);1H. The molecule has 3 rings (SSSR count). The minimum Gasteiger partial charge on any atom is -0.337 e. The summed E-state index contributed by atoms with van der Waals surface area (Å²) in [5.41, 5.74) is 1.90. The van der Waals surface area contributed by atoms with Crippen LogP contribution in [0.25, 0.3) is 11.3 Å². The molecule has 23 heavy (non-hydrogen) atoms. The Balaban J connectivity index is 0.00000192. The second-order valence-electron chi connectivity index (χ2n) is 5.53. The van der Waals surface area contributed by atoms with Crippen molar-refractivity contribution in [1.82, 2.24) is 20.4 Å². The molecule has 1 aliphatic heterocycles. The fraction of sp³-hybridized carbons (Fsp3) is 0.375. The van der Waals surface area contributed by atoms with Gasteiger partial charge in [-0.05, 0) is 50.2 Å². The largest absolute Gasteiger partial charge is 0.337 e. The van der Waals surface area contributed by atoms with Crippen LogP contribution in [-0.2, 0) is 0 Å². The third kappa shape index (κ3) is 3.89. The van der Waals surface area contributed by atoms with Gasteiger partial charge < -0.3 is 10.2 Å². The smallest absolute Gasteiger partial charge is 0.271 e. The van der Waals surface area contributed by atoms with Crippen molar-refractivity contribution in [2.75, 3.05) is 20.1 Å². The van der Waals surface area contributed by atoms with Crippen LogP contribution in [0, 0.1) is 5.82 Å². The molecule has 0 bridgehead atoms. The van der Waals surface area contributed by atoms with E-state index in [0.717, 1.165) is 31.5 Å². The molecule has 0 radical (unpaired) electrons. The third-order valence-electron chi connectivity index (χ3n) is 4.14. The number of nitrogens with zero attached hydrogens (tertiary/aromatic N) is 2. The monoisotopic (exact) mass is 338 g/mol. The van der Waals surface area contributed by atoms with Crippen molar-refractivity contribution in [3.05, 3.63) is 41.8 Å². The molecular formula is C16H20ClFN4O. The van der Waals surface area contributed by atoms with Crippen LogP contribution < -0.4 is 5.32 Å². The number of hydrogen-bond donors (Lipinski definition) is 2. The highest BCUT2D eigenvalue weighted by molar-refractivity contribution is 5.93. The van der Waals surface area contributed by atoms with Crippen LogP contribution in [0.5, 0.6) is 0 Å². The number of carbonyl (C=O) groups excluding carboxylic acids is 1. The van der Waals surface area contributed by atoms with Gasteiger partial charge in [0.1, 0.15) is 11.5 Å². The summed E-state index contributed by atoms with van der Waals surface area (Å²) in [6, 6.07) is 8.28. The van der Waals surface area contributed by atoms with Gasteiger partial charge in [0, 0.05) is 24.7 Å². The number of carbonyl (C=O) groups is 1. The van der Waals surface area contributed by atoms with E-state index in [2.05, 4.69) is 15.5 Å². The van der Waals surface area contributed by atoms with Crippen molar-refractivity contribution in [1.29, 1.82) is 0 Å². The molecule has 7 heteroatoms. The van der Waals surface area contributed by atoms with E-state index < -0.39 is 0 Å². The lowest BCUT2D eigenvalue weighted by Gasteiger charge is -2.31. The second-order valence-corrected chi connectivity index (χ2v) is 5.53. The first-order chi connectivity index (χ1) is 10.7. The summed E-state index contributed by atoms with van der Waals surface area (Å²) >= 11 is 0. The van der Waals surface area contributed by atoms with Crippen molar-refractivity contribution < 1.29 is 9.18 Å². The predicted molar refractivity (Wildman–Crippen MR) is 89.2 cm³/mol. The number of rotatable bonds is 3. The Morgan fingerprint density at radius 1 is 1.30 bits per heavy atom. The number of halogens is 2. The van der Waals surface area contributed by atoms with Gasteiger partial charge in [-0.3, -0.25) is 9.89 Å². The summed E-state index contributed by atoms with van der Waals surface area (Å²) in [6.45, 7) is 1.49. The van der Waals surface area contributed by atoms with Crippen LogP contribution in [0.1, 0.15) is 23.3 Å². The summed E-state index contributed by atoms with van der Waals surface area (Å²) in [7, 11) is 1.95. The number of likely N-dealkylation sites (tertiary alicyclic amines) is 1. The minimum atomic E-state index is -0.289. The molecule has 2 heterocycles. The van der Waals surface area contributed by atoms with E-state index in [0.29, 0.717) is 17.4 Å². The van der Waals surface area contributed by atoms with Crippen LogP contribution in [0.4, 0.5) is 4.39 Å². The SMILES string of the molecule is CNC1CCN(C(=O)c2cc(-c3ccc(F)cc3)n[nH]2)CC1.Cl. The number of hydrogen-bond acceptors (Lipinski definition) is 3. The number of aromatic amines is 1. The molecule has 5 nitrogen and oxygen atoms in total. The van der Waals surface area contributed by atoms with E-state index in [1.807, 2.05) is 11.9 Å². The summed E-state index contributed by atoms with van der Waals surface area (Å²) < 4.78 is 12.9. The number of H-pyrrole nitrogens is 1. The minimum absolute atomic E-state index is 0. The predicted octanol–water partition coefficient (Wildman–Crippen LogP) is 2.46. The van der Waals surface area contributed by atoms with Crippen molar-refractivity contribution in [2.24, 2.45) is 0 Å². The Kier molecular flexibility index (Phi) is 5.74. The van der Waals surface area contributed by atoms with E-state index in [9.17, 15) is 9.18 Å². The highest BCUT2D eigenvalue weighted by atomic mass is 35.5. The molecule has 1 aromatic carbocycles. The molecule has 1 saturated heterocycles. The molecule has 0 unspecified atom stereocenters. The van der Waals surface area contributed by atoms with E-state index in [4.69, 9.17) is 0 Å². The first kappa shape index (κ1) is 17.4. The van der Waals surface area contributed by atoms with Gasteiger partial charge in [-0.25, -0.2) is 4.39 Å². The van der Waals surface area contributed by atoms with Gasteiger partial charge in [-0.2, -0.15) is 5.10 Å². The Morgan fingerprint density at radius 3 is 2.57 bits per heavy atom. The highest BCUT2D eigenvalue weighted by Crippen LogP contribution is 2.20. The molecule has 1 amide bonds. The molecule has 124 valence electrons. The zero-order chi connectivity index (χ0) is 15.5. The zero-order valence-electron chi connectivity index (χ0n) is 12.9. The van der Waals surface area contributed by atoms with E-state index in [1.54, 1.807) is 18.2 Å². The maximum absolute atomic E-state index is 12.9. The summed E-state index contributed by atoms with van der Waals surface area (Å²) in [5.74, 6) is -0.321. The number of piperidine rings is 1. The van der Waals surface area contributed by atoms with Gasteiger partial charge in [-0.15, -0.1) is 12.4 Å². The van der Waals surface area contributed by atoms with Crippen molar-refractivity contribution >= 4 is 18.3 Å². The molecule has 0 atom stereocenters. The van der Waals surface area contributed by atoms with Crippen LogP contribution in [0.3, 0.4) is 0 Å². The van der Waals surface area contributed by atoms with Crippen LogP contribution in [0.2, 0.25) is 0 Å². The first-order valence-electron chi connectivity index (χ1n) is 7.45. The maximum Gasteiger partial charge on any atom is 0.271 e. The summed E-state index contributed by atoms with van der Waals surface area (Å²) in [4.78, 5) is 14.3. The molecule has 2 aromatic rings. The molecule has 1 fully saturated rings. The quantitative estimate of drug-likeness (QED) is 0.903. The van der Waals surface area contributed by atoms with Gasteiger partial charge in [-0.1, -0.05) is 0 Å². The van der Waals surface area contributed by atoms with Gasteiger partial charge in [0.25, 0.3) is 5.91 Å². The van der Waals surface area contributed by atoms with E-state index in [1.165, 1.54) is 12.1 Å². The second kappa shape index (κ2) is 7.57. The molecule has 2 N–H and O–H groups in total. The number of nitrogens with one attached hydrogen (secondary N) is 2. The lowest BCUT2D eigenvalue weighted by molar-refractivity contribution is 0.0701. The molecule has 0 spiro atoms. The van der Waals surface area contributed by atoms with Crippen molar-refractivity contribution in [3.8, 4) is 11.3 Å². The van der Waals surface area contributed by atoms with Crippen molar-refractivity contribution in [3.63, 3.8) is 0 Å². The average molecular weight is 339 g/mol. The Labute approximate surface area is 140 Å². The van der Waals surface area contributed by atoms with E-state index in [-0.39, 0.29) is 24.1 Å². The molecule has 0 aliphatic carbocycles. The fourth-order valence-corrected chi connectivity index (χ4v) is 2.74. The Bertz CT molecular complexity index is 650. The van der Waals surface area contributed by atoms with Crippen LogP contribution in [-0.4, -0.2) is 47.2 Å². The van der Waals surface area contributed by atoms with Crippen molar-refractivity contribution in [2.45, 2.75) is 18.9 Å². The molecule has 1 aromatic heterocycles. The molecule has 0 saturated carbocycles. The van der Waals surface area contributed by atoms with Gasteiger partial charge >= 0.3 is 0 Å². The Morgan fingerprint density at radius 2 is 1.96 bits per heavy atom. The van der Waals surface area contributed by atoms with Gasteiger partial charge in [0.2, 0.25) is 0 Å². The lowest BCUT2D eigenvalue weighted by atomic mass is 10.0. The maximum atomic E-state index is 12.9. The number of amides is 1. The Hall–Kier alpha value is -1.92. The number of benzene rings is 1. The molecule has 1 aliphatic rings. The summed E-state index contributed by atoms with van der Waals surface area (Å²) in [5, 5.41) is 10.2. The van der Waals surface area contributed by atoms with Crippen LogP contribution in [0.15, 0.2) is 30.3 Å². The highest BCUT2D eigenvalue weighted by Gasteiger charge is 2.24. The number of aromatic nitrogens is 2. The normalized spacial score (nSPS) is 15.3. The molecular weight excluding hydrogens is 319 g/mol.